The Kier molecular flexibility index (Phi) is 7.34. The summed E-state index contributed by atoms with van der Waals surface area (Å²) < 4.78 is 11.8. The van der Waals surface area contributed by atoms with E-state index in [1.165, 1.54) is 0 Å². The second kappa shape index (κ2) is 8.50. The standard InChI is InChI=1S/C16H25ClO2Si/c1-5-20(6-2,7-3)19-14(4)11-12-18-16-10-8-9-15(17)13-16/h8-14H,5-7H2,1-4H3. The molecule has 2 nitrogen and oxygen atoms in total. The van der Waals surface area contributed by atoms with Crippen molar-refractivity contribution in [1.82, 2.24) is 0 Å². The van der Waals surface area contributed by atoms with Gasteiger partial charge in [0.1, 0.15) is 5.75 Å². The number of hydrogen-bond acceptors (Lipinski definition) is 2. The first-order valence-corrected chi connectivity index (χ1v) is 10.2. The van der Waals surface area contributed by atoms with Crippen molar-refractivity contribution in [1.29, 1.82) is 0 Å². The quantitative estimate of drug-likeness (QED) is 0.456. The molecule has 0 aliphatic rings. The predicted molar refractivity (Wildman–Crippen MR) is 89.0 cm³/mol. The molecule has 0 bridgehead atoms. The van der Waals surface area contributed by atoms with Crippen LogP contribution in [0.15, 0.2) is 36.6 Å². The molecule has 0 heterocycles. The molecule has 0 fully saturated rings. The molecule has 1 unspecified atom stereocenters. The highest BCUT2D eigenvalue weighted by atomic mass is 35.5. The van der Waals surface area contributed by atoms with Gasteiger partial charge in [0.2, 0.25) is 0 Å². The van der Waals surface area contributed by atoms with Crippen molar-refractivity contribution in [3.05, 3.63) is 41.6 Å². The number of benzene rings is 1. The van der Waals surface area contributed by atoms with Gasteiger partial charge in [-0.3, -0.25) is 0 Å². The third-order valence-electron chi connectivity index (χ3n) is 3.72. The molecule has 0 saturated heterocycles. The SMILES string of the molecule is CC[Si](CC)(CC)OC(C)C=COc1cccc(Cl)c1. The maximum absolute atomic E-state index is 6.29. The molecule has 0 aliphatic carbocycles. The zero-order valence-electron chi connectivity index (χ0n) is 12.9. The number of rotatable bonds is 8. The molecule has 1 rings (SSSR count). The zero-order valence-corrected chi connectivity index (χ0v) is 14.6. The fraction of sp³-hybridized carbons (Fsp3) is 0.500. The van der Waals surface area contributed by atoms with Gasteiger partial charge in [-0.05, 0) is 49.3 Å². The Morgan fingerprint density at radius 3 is 2.40 bits per heavy atom. The number of hydrogen-bond donors (Lipinski definition) is 0. The third kappa shape index (κ3) is 5.31. The molecule has 0 saturated carbocycles. The molecule has 0 amide bonds. The molecular formula is C16H25ClO2Si. The summed E-state index contributed by atoms with van der Waals surface area (Å²) in [6.45, 7) is 8.77. The maximum Gasteiger partial charge on any atom is 0.192 e. The van der Waals surface area contributed by atoms with E-state index >= 15 is 0 Å². The van der Waals surface area contributed by atoms with Crippen LogP contribution in [0.3, 0.4) is 0 Å². The Hall–Kier alpha value is -0.773. The van der Waals surface area contributed by atoms with Gasteiger partial charge in [0.05, 0.1) is 12.4 Å². The van der Waals surface area contributed by atoms with Crippen molar-refractivity contribution in [2.75, 3.05) is 0 Å². The van der Waals surface area contributed by atoms with Gasteiger partial charge < -0.3 is 9.16 Å². The van der Waals surface area contributed by atoms with Crippen molar-refractivity contribution in [2.24, 2.45) is 0 Å². The first-order valence-electron chi connectivity index (χ1n) is 7.32. The van der Waals surface area contributed by atoms with Crippen molar-refractivity contribution in [2.45, 2.75) is 51.9 Å². The van der Waals surface area contributed by atoms with E-state index in [0.29, 0.717) is 5.02 Å². The van der Waals surface area contributed by atoms with E-state index in [0.717, 1.165) is 23.9 Å². The Morgan fingerprint density at radius 2 is 1.85 bits per heavy atom. The van der Waals surface area contributed by atoms with E-state index in [2.05, 4.69) is 27.7 Å². The van der Waals surface area contributed by atoms with Crippen LogP contribution in [-0.4, -0.2) is 14.4 Å². The van der Waals surface area contributed by atoms with Gasteiger partial charge in [-0.2, -0.15) is 0 Å². The van der Waals surface area contributed by atoms with Gasteiger partial charge in [0, 0.05) is 5.02 Å². The number of ether oxygens (including phenoxy) is 1. The lowest BCUT2D eigenvalue weighted by Gasteiger charge is -2.30. The Balaban J connectivity index is 2.53. The maximum atomic E-state index is 6.29. The first-order chi connectivity index (χ1) is 9.55. The van der Waals surface area contributed by atoms with E-state index in [-0.39, 0.29) is 6.10 Å². The summed E-state index contributed by atoms with van der Waals surface area (Å²) in [6, 6.07) is 10.8. The third-order valence-corrected chi connectivity index (χ3v) is 8.69. The fourth-order valence-electron chi connectivity index (χ4n) is 2.20. The van der Waals surface area contributed by atoms with Crippen molar-refractivity contribution < 1.29 is 9.16 Å². The minimum atomic E-state index is -1.55. The highest BCUT2D eigenvalue weighted by Gasteiger charge is 2.29. The van der Waals surface area contributed by atoms with E-state index < -0.39 is 8.32 Å². The van der Waals surface area contributed by atoms with Crippen molar-refractivity contribution in [3.63, 3.8) is 0 Å². The van der Waals surface area contributed by atoms with E-state index in [1.54, 1.807) is 12.3 Å². The highest BCUT2D eigenvalue weighted by Crippen LogP contribution is 2.23. The highest BCUT2D eigenvalue weighted by molar-refractivity contribution is 6.73. The van der Waals surface area contributed by atoms with Crippen LogP contribution in [0.1, 0.15) is 27.7 Å². The molecule has 0 N–H and O–H groups in total. The van der Waals surface area contributed by atoms with E-state index in [1.807, 2.05) is 24.3 Å². The molecule has 0 spiro atoms. The summed E-state index contributed by atoms with van der Waals surface area (Å²) in [5, 5.41) is 0.676. The second-order valence-corrected chi connectivity index (χ2v) is 10.1. The van der Waals surface area contributed by atoms with Crippen molar-refractivity contribution >= 4 is 19.9 Å². The Morgan fingerprint density at radius 1 is 1.20 bits per heavy atom. The Bertz CT molecular complexity index is 422. The summed E-state index contributed by atoms with van der Waals surface area (Å²) in [6.07, 6.45) is 3.74. The normalized spacial score (nSPS) is 13.7. The van der Waals surface area contributed by atoms with Crippen LogP contribution in [0.5, 0.6) is 5.75 Å². The smallest absolute Gasteiger partial charge is 0.192 e. The van der Waals surface area contributed by atoms with Crippen LogP contribution in [0.25, 0.3) is 0 Å². The number of halogens is 1. The van der Waals surface area contributed by atoms with Crippen LogP contribution in [0, 0.1) is 0 Å². The van der Waals surface area contributed by atoms with Gasteiger partial charge >= 0.3 is 0 Å². The van der Waals surface area contributed by atoms with Gasteiger partial charge in [-0.25, -0.2) is 0 Å². The Labute approximate surface area is 128 Å². The molecule has 1 aromatic carbocycles. The molecule has 0 radical (unpaired) electrons. The van der Waals surface area contributed by atoms with Crippen LogP contribution in [0.2, 0.25) is 23.2 Å². The lowest BCUT2D eigenvalue weighted by Crippen LogP contribution is -2.38. The molecule has 0 aromatic heterocycles. The van der Waals surface area contributed by atoms with Crippen LogP contribution < -0.4 is 4.74 Å². The average Bonchev–Trinajstić information content (AvgIpc) is 2.45. The van der Waals surface area contributed by atoms with Crippen LogP contribution in [0.4, 0.5) is 0 Å². The summed E-state index contributed by atoms with van der Waals surface area (Å²) in [4.78, 5) is 0. The second-order valence-electron chi connectivity index (χ2n) is 4.97. The lowest BCUT2D eigenvalue weighted by atomic mass is 10.3. The molecule has 0 aliphatic heterocycles. The molecular weight excluding hydrogens is 288 g/mol. The largest absolute Gasteiger partial charge is 0.465 e. The molecule has 1 atom stereocenters. The summed E-state index contributed by atoms with van der Waals surface area (Å²) >= 11 is 5.91. The van der Waals surface area contributed by atoms with Crippen LogP contribution in [-0.2, 0) is 4.43 Å². The topological polar surface area (TPSA) is 18.5 Å². The van der Waals surface area contributed by atoms with Gasteiger partial charge in [-0.1, -0.05) is 38.4 Å². The van der Waals surface area contributed by atoms with Crippen LogP contribution >= 0.6 is 11.6 Å². The predicted octanol–water partition coefficient (Wildman–Crippen LogP) is 5.64. The summed E-state index contributed by atoms with van der Waals surface area (Å²) in [5.41, 5.74) is 0. The van der Waals surface area contributed by atoms with E-state index in [4.69, 9.17) is 20.8 Å². The first kappa shape index (κ1) is 17.3. The van der Waals surface area contributed by atoms with Gasteiger partial charge in [-0.15, -0.1) is 0 Å². The summed E-state index contributed by atoms with van der Waals surface area (Å²) in [7, 11) is -1.55. The van der Waals surface area contributed by atoms with E-state index in [9.17, 15) is 0 Å². The molecule has 4 heteroatoms. The lowest BCUT2D eigenvalue weighted by molar-refractivity contribution is 0.249. The minimum absolute atomic E-state index is 0.0840. The zero-order chi connectivity index (χ0) is 15.0. The monoisotopic (exact) mass is 312 g/mol. The van der Waals surface area contributed by atoms with Gasteiger partial charge in [0.15, 0.2) is 8.32 Å². The molecule has 112 valence electrons. The fourth-order valence-corrected chi connectivity index (χ4v) is 5.25. The average molecular weight is 313 g/mol. The minimum Gasteiger partial charge on any atom is -0.465 e. The van der Waals surface area contributed by atoms with Crippen molar-refractivity contribution in [3.8, 4) is 5.75 Å². The molecule has 1 aromatic rings. The van der Waals surface area contributed by atoms with Gasteiger partial charge in [0.25, 0.3) is 0 Å². The summed E-state index contributed by atoms with van der Waals surface area (Å²) in [5.74, 6) is 0.742. The molecule has 20 heavy (non-hydrogen) atoms.